The summed E-state index contributed by atoms with van der Waals surface area (Å²) in [6, 6.07) is 23.5. The Morgan fingerprint density at radius 2 is 1.60 bits per heavy atom. The van der Waals surface area contributed by atoms with Gasteiger partial charge in [-0.1, -0.05) is 68.4 Å². The van der Waals surface area contributed by atoms with Gasteiger partial charge in [-0.25, -0.2) is 18.1 Å². The van der Waals surface area contributed by atoms with Crippen LogP contribution in [-0.2, 0) is 14.8 Å². The number of hydrogen-bond donors (Lipinski definition) is 2. The number of carbonyl (C=O) groups is 2. The number of fused-ring (bicyclic) bond motifs is 4. The fourth-order valence-electron chi connectivity index (χ4n) is 7.25. The molecule has 10 nitrogen and oxygen atoms in total. The number of ether oxygens (including phenoxy) is 1. The molecular weight excluding hydrogens is 614 g/mol. The van der Waals surface area contributed by atoms with Crippen LogP contribution in [0.5, 0.6) is 5.88 Å². The number of amides is 2. The van der Waals surface area contributed by atoms with Crippen molar-refractivity contribution in [2.45, 2.75) is 57.1 Å². The molecule has 4 bridgehead atoms. The molecule has 1 saturated heterocycles. The molecule has 1 aromatic heterocycles. The summed E-state index contributed by atoms with van der Waals surface area (Å²) in [6.07, 6.45) is 0.605. The van der Waals surface area contributed by atoms with Gasteiger partial charge >= 0.3 is 0 Å². The van der Waals surface area contributed by atoms with E-state index in [1.807, 2.05) is 55.1 Å². The van der Waals surface area contributed by atoms with Gasteiger partial charge in [0.1, 0.15) is 0 Å². The van der Waals surface area contributed by atoms with Gasteiger partial charge in [0, 0.05) is 49.0 Å². The Kier molecular flexibility index (Phi) is 7.35. The molecule has 7 rings (SSSR count). The third-order valence-electron chi connectivity index (χ3n) is 9.85. The number of anilines is 1. The highest BCUT2D eigenvalue weighted by atomic mass is 32.2. The summed E-state index contributed by atoms with van der Waals surface area (Å²) in [4.78, 5) is 38.4. The molecule has 2 fully saturated rings. The van der Waals surface area contributed by atoms with Crippen molar-refractivity contribution >= 4 is 27.8 Å². The third kappa shape index (κ3) is 5.62. The third-order valence-corrected chi connectivity index (χ3v) is 11.2. The fourth-order valence-corrected chi connectivity index (χ4v) is 8.24. The Hall–Kier alpha value is -4.77. The number of nitrogens with one attached hydrogen (secondary N) is 2. The molecule has 11 heteroatoms. The second-order valence-electron chi connectivity index (χ2n) is 13.4. The minimum absolute atomic E-state index is 0.0937. The normalized spacial score (nSPS) is 22.1. The molecule has 1 unspecified atom stereocenters. The maximum Gasteiger partial charge on any atom is 0.264 e. The Morgan fingerprint density at radius 3 is 2.30 bits per heavy atom. The number of sulfonamides is 1. The minimum atomic E-state index is -4.13. The van der Waals surface area contributed by atoms with Crippen LogP contribution in [0.1, 0.15) is 59.7 Å². The Morgan fingerprint density at radius 1 is 0.915 bits per heavy atom. The highest BCUT2D eigenvalue weighted by molar-refractivity contribution is 7.92. The summed E-state index contributed by atoms with van der Waals surface area (Å²) in [7, 11) is -4.13. The molecule has 2 atom stereocenters. The van der Waals surface area contributed by atoms with Gasteiger partial charge in [0.25, 0.3) is 15.9 Å². The van der Waals surface area contributed by atoms with Crippen molar-refractivity contribution in [2.24, 2.45) is 11.3 Å². The summed E-state index contributed by atoms with van der Waals surface area (Å²) in [5, 5.41) is 3.06. The SMILES string of the molecule is Cc1cccc(C)c1-c1cc2nc(n1)NS(=O)(=O)c1cccc(c1)C(=O)NC1(CCN(C(=O)C3[C@H](c4ccccc4)C3(C)C)CC1)O2. The van der Waals surface area contributed by atoms with Gasteiger partial charge in [0.15, 0.2) is 5.72 Å². The van der Waals surface area contributed by atoms with Gasteiger partial charge < -0.3 is 15.0 Å². The van der Waals surface area contributed by atoms with Crippen LogP contribution in [0.25, 0.3) is 11.3 Å². The molecular formula is C36H37N5O5S. The number of benzene rings is 3. The standard InChI is InChI=1S/C36H37N5O5S/c1-22-10-8-11-23(2)29(22)27-21-28-38-34(37-27)40-47(44,45)26-15-9-14-25(20-26)32(42)39-36(46-28)16-18-41(19-17-36)33(43)31-30(35(31,3)4)24-12-6-5-7-13-24/h5-15,20-21,30-31H,16-19H2,1-4H3,(H,39,42)(H,37,38,40)/t30-,31?/m0/s1. The van der Waals surface area contributed by atoms with Gasteiger partial charge in [-0.05, 0) is 54.2 Å². The highest BCUT2D eigenvalue weighted by Gasteiger charge is 2.63. The molecule has 2 aliphatic heterocycles. The molecule has 3 heterocycles. The number of nitrogens with zero attached hydrogens (tertiary/aromatic N) is 3. The zero-order chi connectivity index (χ0) is 33.1. The quantitative estimate of drug-likeness (QED) is 0.302. The number of aromatic nitrogens is 2. The summed E-state index contributed by atoms with van der Waals surface area (Å²) in [5.74, 6) is -0.426. The van der Waals surface area contributed by atoms with Crippen molar-refractivity contribution in [1.29, 1.82) is 0 Å². The molecule has 1 spiro atoms. The van der Waals surface area contributed by atoms with Crippen LogP contribution in [0.15, 0.2) is 83.8 Å². The first-order valence-corrected chi connectivity index (χ1v) is 17.3. The predicted molar refractivity (Wildman–Crippen MR) is 177 cm³/mol. The van der Waals surface area contributed by atoms with Crippen molar-refractivity contribution in [2.75, 3.05) is 17.8 Å². The van der Waals surface area contributed by atoms with E-state index in [0.29, 0.717) is 31.6 Å². The van der Waals surface area contributed by atoms with Crippen LogP contribution >= 0.6 is 0 Å². The predicted octanol–water partition coefficient (Wildman–Crippen LogP) is 5.44. The van der Waals surface area contributed by atoms with E-state index in [0.717, 1.165) is 22.3 Å². The molecule has 242 valence electrons. The molecule has 1 saturated carbocycles. The monoisotopic (exact) mass is 651 g/mol. The number of aryl methyl sites for hydroxylation is 2. The fraction of sp³-hybridized carbons (Fsp3) is 0.333. The van der Waals surface area contributed by atoms with Crippen molar-refractivity contribution in [3.05, 3.63) is 101 Å². The second kappa shape index (κ2) is 11.2. The Bertz CT molecular complexity index is 1990. The number of hydrogen-bond acceptors (Lipinski definition) is 7. The van der Waals surface area contributed by atoms with Crippen LogP contribution in [0.2, 0.25) is 0 Å². The average molecular weight is 652 g/mol. The van der Waals surface area contributed by atoms with Gasteiger partial charge in [-0.2, -0.15) is 4.98 Å². The number of rotatable bonds is 3. The molecule has 2 N–H and O–H groups in total. The van der Waals surface area contributed by atoms with E-state index in [-0.39, 0.29) is 45.4 Å². The lowest BCUT2D eigenvalue weighted by Gasteiger charge is -2.42. The van der Waals surface area contributed by atoms with Crippen molar-refractivity contribution in [1.82, 2.24) is 20.2 Å². The van der Waals surface area contributed by atoms with Crippen molar-refractivity contribution in [3.8, 4) is 17.1 Å². The smallest absolute Gasteiger partial charge is 0.264 e. The lowest BCUT2D eigenvalue weighted by Crippen LogP contribution is -2.60. The van der Waals surface area contributed by atoms with E-state index >= 15 is 0 Å². The maximum absolute atomic E-state index is 13.9. The first kappa shape index (κ1) is 30.9. The van der Waals surface area contributed by atoms with Crippen molar-refractivity contribution in [3.63, 3.8) is 0 Å². The number of carbonyl (C=O) groups excluding carboxylic acids is 2. The topological polar surface area (TPSA) is 131 Å². The van der Waals surface area contributed by atoms with Crippen LogP contribution in [-0.4, -0.2) is 53.9 Å². The Balaban J connectivity index is 1.24. The first-order chi connectivity index (χ1) is 22.4. The van der Waals surface area contributed by atoms with E-state index in [9.17, 15) is 18.0 Å². The zero-order valence-electron chi connectivity index (χ0n) is 26.8. The highest BCUT2D eigenvalue weighted by Crippen LogP contribution is 2.65. The largest absolute Gasteiger partial charge is 0.451 e. The molecule has 1 aliphatic carbocycles. The zero-order valence-corrected chi connectivity index (χ0v) is 27.6. The lowest BCUT2D eigenvalue weighted by atomic mass is 9.97. The van der Waals surface area contributed by atoms with Gasteiger partial charge in [0.2, 0.25) is 17.7 Å². The van der Waals surface area contributed by atoms with Crippen LogP contribution in [0.3, 0.4) is 0 Å². The molecule has 4 aromatic rings. The average Bonchev–Trinajstić information content (AvgIpc) is 3.62. The summed E-state index contributed by atoms with van der Waals surface area (Å²) in [5.41, 5.74) is 3.15. The van der Waals surface area contributed by atoms with E-state index in [4.69, 9.17) is 4.74 Å². The first-order valence-electron chi connectivity index (χ1n) is 15.8. The van der Waals surface area contributed by atoms with Gasteiger partial charge in [0.05, 0.1) is 16.5 Å². The maximum atomic E-state index is 13.9. The Labute approximate surface area is 274 Å². The van der Waals surface area contributed by atoms with E-state index in [1.54, 1.807) is 12.1 Å². The number of likely N-dealkylation sites (tertiary alicyclic amines) is 1. The van der Waals surface area contributed by atoms with Gasteiger partial charge in [-0.3, -0.25) is 9.59 Å². The molecule has 3 aromatic carbocycles. The van der Waals surface area contributed by atoms with E-state index in [2.05, 4.69) is 46.0 Å². The lowest BCUT2D eigenvalue weighted by molar-refractivity contribution is -0.137. The molecule has 47 heavy (non-hydrogen) atoms. The molecule has 0 radical (unpaired) electrons. The number of piperidine rings is 1. The molecule has 3 aliphatic rings. The second-order valence-corrected chi connectivity index (χ2v) is 15.1. The van der Waals surface area contributed by atoms with E-state index in [1.165, 1.54) is 18.2 Å². The summed E-state index contributed by atoms with van der Waals surface area (Å²) in [6.45, 7) is 8.91. The van der Waals surface area contributed by atoms with Gasteiger partial charge in [-0.15, -0.1) is 0 Å². The van der Waals surface area contributed by atoms with E-state index < -0.39 is 21.7 Å². The van der Waals surface area contributed by atoms with Crippen LogP contribution in [0, 0.1) is 25.2 Å². The summed E-state index contributed by atoms with van der Waals surface area (Å²) >= 11 is 0. The summed E-state index contributed by atoms with van der Waals surface area (Å²) < 4.78 is 35.9. The van der Waals surface area contributed by atoms with Crippen LogP contribution < -0.4 is 14.8 Å². The van der Waals surface area contributed by atoms with Crippen LogP contribution in [0.4, 0.5) is 5.95 Å². The van der Waals surface area contributed by atoms with Crippen molar-refractivity contribution < 1.29 is 22.7 Å². The minimum Gasteiger partial charge on any atom is -0.451 e. The molecule has 2 amide bonds.